The highest BCUT2D eigenvalue weighted by molar-refractivity contribution is 8.18. The molecule has 0 saturated carbocycles. The Hall–Kier alpha value is -3.50. The first-order valence-corrected chi connectivity index (χ1v) is 9.05. The van der Waals surface area contributed by atoms with Crippen molar-refractivity contribution in [2.75, 3.05) is 13.7 Å². The summed E-state index contributed by atoms with van der Waals surface area (Å²) in [4.78, 5) is 30.0. The molecule has 2 aromatic carbocycles. The molecule has 0 unspecified atom stereocenters. The molecule has 28 heavy (non-hydrogen) atoms. The van der Waals surface area contributed by atoms with Crippen molar-refractivity contribution in [3.05, 3.63) is 64.6 Å². The third kappa shape index (κ3) is 4.42. The Kier molecular flexibility index (Phi) is 5.82. The van der Waals surface area contributed by atoms with E-state index < -0.39 is 5.97 Å². The zero-order valence-electron chi connectivity index (χ0n) is 15.0. The molecule has 1 heterocycles. The number of rotatable bonds is 5. The van der Waals surface area contributed by atoms with E-state index in [0.29, 0.717) is 21.5 Å². The molecule has 140 valence electrons. The second-order valence-corrected chi connectivity index (χ2v) is 6.80. The Morgan fingerprint density at radius 3 is 2.75 bits per heavy atom. The molecular weight excluding hydrogens is 376 g/mol. The highest BCUT2D eigenvalue weighted by Gasteiger charge is 2.30. The maximum absolute atomic E-state index is 12.5. The summed E-state index contributed by atoms with van der Waals surface area (Å²) in [5, 5.41) is 9.57. The van der Waals surface area contributed by atoms with Gasteiger partial charge in [-0.2, -0.15) is 0 Å². The van der Waals surface area contributed by atoms with E-state index in [1.165, 1.54) is 28.8 Å². The first kappa shape index (κ1) is 19.3. The van der Waals surface area contributed by atoms with E-state index in [4.69, 9.17) is 16.3 Å². The average molecular weight is 392 g/mol. The van der Waals surface area contributed by atoms with Crippen LogP contribution in [0.5, 0.6) is 5.75 Å². The number of aromatic carboxylic acids is 1. The van der Waals surface area contributed by atoms with Gasteiger partial charge in [-0.3, -0.25) is 9.69 Å². The second kappa shape index (κ2) is 8.46. The maximum atomic E-state index is 12.5. The van der Waals surface area contributed by atoms with Crippen LogP contribution in [0, 0.1) is 12.3 Å². The van der Waals surface area contributed by atoms with E-state index >= 15 is 0 Å². The van der Waals surface area contributed by atoms with Crippen LogP contribution in [-0.4, -0.2) is 40.7 Å². The number of carboxylic acid groups (broad SMARTS) is 1. The van der Waals surface area contributed by atoms with Crippen molar-refractivity contribution in [1.29, 1.82) is 0 Å². The summed E-state index contributed by atoms with van der Waals surface area (Å²) in [6.07, 6.45) is 6.93. The van der Waals surface area contributed by atoms with Gasteiger partial charge in [0, 0.05) is 7.05 Å². The zero-order valence-corrected chi connectivity index (χ0v) is 15.8. The fourth-order valence-electron chi connectivity index (χ4n) is 2.41. The van der Waals surface area contributed by atoms with Gasteiger partial charge in [-0.15, -0.1) is 6.42 Å². The largest absolute Gasteiger partial charge is 0.481 e. The molecule has 0 atom stereocenters. The van der Waals surface area contributed by atoms with Crippen LogP contribution < -0.4 is 4.74 Å². The minimum atomic E-state index is -1.03. The maximum Gasteiger partial charge on any atom is 0.335 e. The molecule has 3 rings (SSSR count). The van der Waals surface area contributed by atoms with E-state index in [1.807, 2.05) is 12.1 Å². The predicted octanol–water partition coefficient (Wildman–Crippen LogP) is 3.63. The van der Waals surface area contributed by atoms with Crippen molar-refractivity contribution in [3.8, 4) is 18.1 Å². The smallest absolute Gasteiger partial charge is 0.335 e. The van der Waals surface area contributed by atoms with Crippen LogP contribution in [0.25, 0.3) is 6.08 Å². The van der Waals surface area contributed by atoms with Gasteiger partial charge in [0.05, 0.1) is 16.2 Å². The summed E-state index contributed by atoms with van der Waals surface area (Å²) in [5.74, 6) is 1.85. The van der Waals surface area contributed by atoms with Crippen LogP contribution in [-0.2, 0) is 4.79 Å². The second-order valence-electron chi connectivity index (χ2n) is 5.79. The minimum Gasteiger partial charge on any atom is -0.481 e. The van der Waals surface area contributed by atoms with Gasteiger partial charge in [0.1, 0.15) is 12.4 Å². The van der Waals surface area contributed by atoms with Gasteiger partial charge in [0.25, 0.3) is 5.91 Å². The fraction of sp³-hybridized carbons (Fsp3) is 0.0952. The number of terminal acetylenes is 1. The van der Waals surface area contributed by atoms with Crippen LogP contribution in [0.2, 0.25) is 0 Å². The Morgan fingerprint density at radius 2 is 2.07 bits per heavy atom. The van der Waals surface area contributed by atoms with Crippen molar-refractivity contribution in [1.82, 2.24) is 4.90 Å². The van der Waals surface area contributed by atoms with Crippen LogP contribution in [0.4, 0.5) is 5.69 Å². The highest BCUT2D eigenvalue weighted by atomic mass is 32.2. The van der Waals surface area contributed by atoms with Gasteiger partial charge >= 0.3 is 5.97 Å². The number of carbonyl (C=O) groups is 2. The molecule has 7 heteroatoms. The normalized spacial score (nSPS) is 16.4. The van der Waals surface area contributed by atoms with Crippen LogP contribution in [0.3, 0.4) is 0 Å². The quantitative estimate of drug-likeness (QED) is 0.621. The molecule has 1 amide bonds. The van der Waals surface area contributed by atoms with Crippen molar-refractivity contribution in [3.63, 3.8) is 0 Å². The fourth-order valence-corrected chi connectivity index (χ4v) is 3.39. The Morgan fingerprint density at radius 1 is 1.32 bits per heavy atom. The van der Waals surface area contributed by atoms with E-state index in [1.54, 1.807) is 37.4 Å². The van der Waals surface area contributed by atoms with Crippen LogP contribution in [0.1, 0.15) is 15.9 Å². The zero-order chi connectivity index (χ0) is 20.1. The number of amidine groups is 1. The topological polar surface area (TPSA) is 79.2 Å². The lowest BCUT2D eigenvalue weighted by atomic mass is 10.2. The summed E-state index contributed by atoms with van der Waals surface area (Å²) in [7, 11) is 1.63. The van der Waals surface area contributed by atoms with Gasteiger partial charge in [-0.1, -0.05) is 24.1 Å². The minimum absolute atomic E-state index is 0.140. The van der Waals surface area contributed by atoms with E-state index in [0.717, 1.165) is 5.56 Å². The standard InChI is InChI=1S/C21H16N2O4S/c1-3-11-27-17-9-7-14(8-10-17)12-18-19(24)23(2)21(28-18)22-16-6-4-5-15(13-16)20(25)26/h1,4-10,12-13H,11H2,2H3,(H,25,26). The molecule has 6 nitrogen and oxygen atoms in total. The summed E-state index contributed by atoms with van der Waals surface area (Å²) >= 11 is 1.23. The first-order chi connectivity index (χ1) is 13.5. The number of carboxylic acids is 1. The van der Waals surface area contributed by atoms with Gasteiger partial charge in [0.2, 0.25) is 0 Å². The summed E-state index contributed by atoms with van der Waals surface area (Å²) in [5.41, 5.74) is 1.45. The predicted molar refractivity (Wildman–Crippen MR) is 110 cm³/mol. The number of ether oxygens (including phenoxy) is 1. The number of nitrogens with zero attached hydrogens (tertiary/aromatic N) is 2. The highest BCUT2D eigenvalue weighted by Crippen LogP contribution is 2.33. The number of likely N-dealkylation sites (N-methyl/N-ethyl adjacent to an activating group) is 1. The molecule has 1 N–H and O–H groups in total. The summed E-state index contributed by atoms with van der Waals surface area (Å²) in [6, 6.07) is 13.5. The van der Waals surface area contributed by atoms with E-state index in [-0.39, 0.29) is 18.1 Å². The van der Waals surface area contributed by atoms with Crippen LogP contribution in [0.15, 0.2) is 58.4 Å². The number of amides is 1. The van der Waals surface area contributed by atoms with Crippen molar-refractivity contribution >= 4 is 40.6 Å². The number of hydrogen-bond donors (Lipinski definition) is 1. The third-order valence-corrected chi connectivity index (χ3v) is 4.88. The molecule has 0 radical (unpaired) electrons. The molecular formula is C21H16N2O4S. The molecule has 2 aromatic rings. The van der Waals surface area contributed by atoms with E-state index in [2.05, 4.69) is 10.9 Å². The Labute approximate surface area is 166 Å². The summed E-state index contributed by atoms with van der Waals surface area (Å²) in [6.45, 7) is 0.197. The lowest BCUT2D eigenvalue weighted by molar-refractivity contribution is -0.121. The van der Waals surface area contributed by atoms with Crippen molar-refractivity contribution in [2.45, 2.75) is 0 Å². The van der Waals surface area contributed by atoms with Gasteiger partial charge in [-0.25, -0.2) is 9.79 Å². The number of benzene rings is 2. The Balaban J connectivity index is 1.81. The molecule has 0 aromatic heterocycles. The number of hydrogen-bond acceptors (Lipinski definition) is 5. The monoisotopic (exact) mass is 392 g/mol. The number of carbonyl (C=O) groups excluding carboxylic acids is 1. The first-order valence-electron chi connectivity index (χ1n) is 8.24. The molecule has 0 bridgehead atoms. The lowest BCUT2D eigenvalue weighted by Crippen LogP contribution is -2.23. The molecule has 1 fully saturated rings. The molecule has 0 aliphatic carbocycles. The van der Waals surface area contributed by atoms with Crippen molar-refractivity contribution in [2.24, 2.45) is 4.99 Å². The number of aliphatic imine (C=N–C) groups is 1. The van der Waals surface area contributed by atoms with Gasteiger partial charge in [-0.05, 0) is 53.7 Å². The molecule has 1 aliphatic heterocycles. The molecule has 1 aliphatic rings. The van der Waals surface area contributed by atoms with Gasteiger partial charge < -0.3 is 9.84 Å². The van der Waals surface area contributed by atoms with E-state index in [9.17, 15) is 9.59 Å². The third-order valence-electron chi connectivity index (χ3n) is 3.82. The lowest BCUT2D eigenvalue weighted by Gasteiger charge is -2.07. The van der Waals surface area contributed by atoms with Crippen LogP contribution >= 0.6 is 11.8 Å². The molecule has 1 saturated heterocycles. The van der Waals surface area contributed by atoms with Gasteiger partial charge in [0.15, 0.2) is 5.17 Å². The summed E-state index contributed by atoms with van der Waals surface area (Å²) < 4.78 is 5.33. The van der Waals surface area contributed by atoms with Crippen molar-refractivity contribution < 1.29 is 19.4 Å². The molecule has 0 spiro atoms. The average Bonchev–Trinajstić information content (AvgIpc) is 2.95. The Bertz CT molecular complexity index is 1020. The number of thioether (sulfide) groups is 1. The SMILES string of the molecule is C#CCOc1ccc(C=C2SC(=Nc3cccc(C(=O)O)c3)N(C)C2=O)cc1.